The lowest BCUT2D eigenvalue weighted by Crippen LogP contribution is -2.18. The Morgan fingerprint density at radius 1 is 1.07 bits per heavy atom. The summed E-state index contributed by atoms with van der Waals surface area (Å²) in [6.45, 7) is 1.52. The fraction of sp³-hybridized carbons (Fsp3) is 0.143. The molecule has 144 valence electrons. The molecule has 0 radical (unpaired) electrons. The second-order valence-electron chi connectivity index (χ2n) is 6.27. The van der Waals surface area contributed by atoms with Crippen molar-refractivity contribution in [2.24, 2.45) is 0 Å². The number of rotatable bonds is 4. The Labute approximate surface area is 164 Å². The van der Waals surface area contributed by atoms with Crippen LogP contribution in [0.25, 0.3) is 11.3 Å². The van der Waals surface area contributed by atoms with Gasteiger partial charge in [0.2, 0.25) is 0 Å². The Kier molecular flexibility index (Phi) is 5.42. The van der Waals surface area contributed by atoms with E-state index >= 15 is 0 Å². The fourth-order valence-electron chi connectivity index (χ4n) is 2.93. The van der Waals surface area contributed by atoms with Gasteiger partial charge in [-0.25, -0.2) is 0 Å². The van der Waals surface area contributed by atoms with E-state index in [1.165, 1.54) is 25.3 Å². The largest absolute Gasteiger partial charge is 0.417 e. The molecule has 0 fully saturated rings. The molecule has 28 heavy (non-hydrogen) atoms. The molecule has 0 bridgehead atoms. The van der Waals surface area contributed by atoms with Crippen molar-refractivity contribution in [1.29, 1.82) is 0 Å². The van der Waals surface area contributed by atoms with Crippen molar-refractivity contribution < 1.29 is 18.0 Å². The second-order valence-corrected chi connectivity index (χ2v) is 6.65. The van der Waals surface area contributed by atoms with E-state index in [2.05, 4.69) is 0 Å². The van der Waals surface area contributed by atoms with E-state index in [-0.39, 0.29) is 23.4 Å². The zero-order valence-electron chi connectivity index (χ0n) is 14.8. The van der Waals surface area contributed by atoms with Crippen LogP contribution in [-0.4, -0.2) is 10.4 Å². The first-order chi connectivity index (χ1) is 13.2. The van der Waals surface area contributed by atoms with E-state index in [1.807, 2.05) is 30.3 Å². The van der Waals surface area contributed by atoms with E-state index in [9.17, 15) is 22.8 Å². The Morgan fingerprint density at radius 3 is 2.36 bits per heavy atom. The zero-order valence-corrected chi connectivity index (χ0v) is 15.5. The molecule has 0 N–H and O–H groups in total. The fourth-order valence-corrected chi connectivity index (χ4v) is 3.26. The molecule has 3 aromatic rings. The van der Waals surface area contributed by atoms with Gasteiger partial charge in [0.05, 0.1) is 21.8 Å². The van der Waals surface area contributed by atoms with Crippen LogP contribution in [0.4, 0.5) is 13.2 Å². The molecule has 3 rings (SSSR count). The monoisotopic (exact) mass is 405 g/mol. The van der Waals surface area contributed by atoms with Gasteiger partial charge in [-0.1, -0.05) is 54.1 Å². The van der Waals surface area contributed by atoms with E-state index in [1.54, 1.807) is 4.57 Å². The lowest BCUT2D eigenvalue weighted by molar-refractivity contribution is -0.137. The van der Waals surface area contributed by atoms with Gasteiger partial charge in [-0.15, -0.1) is 0 Å². The number of benzene rings is 2. The maximum Gasteiger partial charge on any atom is 0.417 e. The third-order valence-corrected chi connectivity index (χ3v) is 4.69. The molecule has 0 aliphatic rings. The summed E-state index contributed by atoms with van der Waals surface area (Å²) in [6, 6.07) is 13.8. The van der Waals surface area contributed by atoms with Crippen LogP contribution in [0.5, 0.6) is 0 Å². The van der Waals surface area contributed by atoms with Crippen LogP contribution in [-0.2, 0) is 12.7 Å². The highest BCUT2D eigenvalue weighted by Crippen LogP contribution is 2.39. The number of hydrogen-bond acceptors (Lipinski definition) is 2. The number of Topliss-reactive ketones (excluding diaryl/α,β-unsaturated/α-hetero) is 1. The highest BCUT2D eigenvalue weighted by Gasteiger charge is 2.34. The van der Waals surface area contributed by atoms with Gasteiger partial charge in [-0.3, -0.25) is 9.59 Å². The van der Waals surface area contributed by atoms with E-state index in [0.717, 1.165) is 17.7 Å². The van der Waals surface area contributed by atoms with Crippen molar-refractivity contribution in [3.8, 4) is 11.3 Å². The van der Waals surface area contributed by atoms with Crippen molar-refractivity contribution >= 4 is 17.4 Å². The van der Waals surface area contributed by atoms with Gasteiger partial charge >= 0.3 is 6.18 Å². The predicted molar refractivity (Wildman–Crippen MR) is 102 cm³/mol. The minimum Gasteiger partial charge on any atom is -0.342 e. The normalized spacial score (nSPS) is 11.5. The molecule has 0 aliphatic heterocycles. The van der Waals surface area contributed by atoms with Crippen LogP contribution in [0.15, 0.2) is 65.6 Å². The molecule has 2 aromatic carbocycles. The molecule has 0 unspecified atom stereocenters. The standard InChI is InChI=1S/C21H15ClF3NO2/c1-13(27)16-12-26(11-14-6-3-2-4-7-14)18(10-19(16)28)15-8-5-9-17(20(15)22)21(23,24)25/h2-10,12H,11H2,1H3. The first-order valence-electron chi connectivity index (χ1n) is 8.34. The maximum absolute atomic E-state index is 13.2. The number of aromatic nitrogens is 1. The van der Waals surface area contributed by atoms with E-state index < -0.39 is 28.0 Å². The summed E-state index contributed by atoms with van der Waals surface area (Å²) in [7, 11) is 0. The molecule has 0 amide bonds. The predicted octanol–water partition coefficient (Wildman–Crippen LogP) is 5.44. The van der Waals surface area contributed by atoms with Crippen molar-refractivity contribution in [2.45, 2.75) is 19.6 Å². The third-order valence-electron chi connectivity index (χ3n) is 4.28. The molecular weight excluding hydrogens is 391 g/mol. The molecule has 0 spiro atoms. The smallest absolute Gasteiger partial charge is 0.342 e. The van der Waals surface area contributed by atoms with Gasteiger partial charge in [0.25, 0.3) is 0 Å². The number of carbonyl (C=O) groups excluding carboxylic acids is 1. The number of ketones is 1. The summed E-state index contributed by atoms with van der Waals surface area (Å²) in [6.07, 6.45) is -3.26. The van der Waals surface area contributed by atoms with E-state index in [4.69, 9.17) is 11.6 Å². The van der Waals surface area contributed by atoms with Crippen molar-refractivity contribution in [3.63, 3.8) is 0 Å². The molecular formula is C21H15ClF3NO2. The summed E-state index contributed by atoms with van der Waals surface area (Å²) in [5.41, 5.74) is -0.469. The average molecular weight is 406 g/mol. The van der Waals surface area contributed by atoms with Gasteiger partial charge in [0.15, 0.2) is 11.2 Å². The number of hydrogen-bond donors (Lipinski definition) is 0. The zero-order chi connectivity index (χ0) is 20.5. The quantitative estimate of drug-likeness (QED) is 0.542. The summed E-state index contributed by atoms with van der Waals surface area (Å²) < 4.78 is 41.3. The number of nitrogens with zero attached hydrogens (tertiary/aromatic N) is 1. The maximum atomic E-state index is 13.2. The first-order valence-corrected chi connectivity index (χ1v) is 8.71. The van der Waals surface area contributed by atoms with Gasteiger partial charge in [0, 0.05) is 24.4 Å². The lowest BCUT2D eigenvalue weighted by Gasteiger charge is -2.18. The van der Waals surface area contributed by atoms with Gasteiger partial charge < -0.3 is 4.57 Å². The third kappa shape index (κ3) is 4.02. The highest BCUT2D eigenvalue weighted by molar-refractivity contribution is 6.34. The SMILES string of the molecule is CC(=O)c1cn(Cc2ccccc2)c(-c2cccc(C(F)(F)F)c2Cl)cc1=O. The van der Waals surface area contributed by atoms with Crippen molar-refractivity contribution in [1.82, 2.24) is 4.57 Å². The van der Waals surface area contributed by atoms with Gasteiger partial charge in [-0.2, -0.15) is 13.2 Å². The first kappa shape index (κ1) is 19.9. The number of halogens is 4. The molecule has 3 nitrogen and oxygen atoms in total. The summed E-state index contributed by atoms with van der Waals surface area (Å²) in [5.74, 6) is -0.423. The van der Waals surface area contributed by atoms with Gasteiger partial charge in [0.1, 0.15) is 0 Å². The Hall–Kier alpha value is -2.86. The number of alkyl halides is 3. The molecule has 1 aromatic heterocycles. The van der Waals surface area contributed by atoms with Crippen LogP contribution in [0.1, 0.15) is 28.4 Å². The topological polar surface area (TPSA) is 39.1 Å². The summed E-state index contributed by atoms with van der Waals surface area (Å²) >= 11 is 6.06. The number of pyridine rings is 1. The lowest BCUT2D eigenvalue weighted by atomic mass is 10.0. The minimum absolute atomic E-state index is 0.0391. The number of carbonyl (C=O) groups is 1. The summed E-state index contributed by atoms with van der Waals surface area (Å²) in [5, 5.41) is -0.494. The van der Waals surface area contributed by atoms with Crippen LogP contribution < -0.4 is 5.43 Å². The van der Waals surface area contributed by atoms with Crippen LogP contribution in [0.2, 0.25) is 5.02 Å². The Balaban J connectivity index is 2.25. The van der Waals surface area contributed by atoms with Crippen LogP contribution >= 0.6 is 11.6 Å². The van der Waals surface area contributed by atoms with E-state index in [0.29, 0.717) is 0 Å². The van der Waals surface area contributed by atoms with Crippen LogP contribution in [0, 0.1) is 0 Å². The molecule has 0 atom stereocenters. The average Bonchev–Trinajstić information content (AvgIpc) is 2.63. The molecule has 0 saturated carbocycles. The molecule has 0 saturated heterocycles. The molecule has 1 heterocycles. The van der Waals surface area contributed by atoms with Gasteiger partial charge in [-0.05, 0) is 18.6 Å². The van der Waals surface area contributed by atoms with Crippen molar-refractivity contribution in [2.75, 3.05) is 0 Å². The minimum atomic E-state index is -4.63. The molecule has 7 heteroatoms. The Bertz CT molecular complexity index is 1090. The second kappa shape index (κ2) is 7.64. The van der Waals surface area contributed by atoms with Crippen LogP contribution in [0.3, 0.4) is 0 Å². The highest BCUT2D eigenvalue weighted by atomic mass is 35.5. The summed E-state index contributed by atoms with van der Waals surface area (Å²) in [4.78, 5) is 24.1. The molecule has 0 aliphatic carbocycles. The van der Waals surface area contributed by atoms with Crippen molar-refractivity contribution in [3.05, 3.63) is 92.7 Å². The Morgan fingerprint density at radius 2 is 1.75 bits per heavy atom.